The fourth-order valence-electron chi connectivity index (χ4n) is 2.80. The van der Waals surface area contributed by atoms with E-state index in [1.165, 1.54) is 0 Å². The Balaban J connectivity index is 1.92. The average molecular weight is 268 g/mol. The molecule has 1 saturated heterocycles. The van der Waals surface area contributed by atoms with Gasteiger partial charge >= 0.3 is 6.03 Å². The summed E-state index contributed by atoms with van der Waals surface area (Å²) in [7, 11) is 0. The van der Waals surface area contributed by atoms with Crippen molar-refractivity contribution in [3.05, 3.63) is 0 Å². The first kappa shape index (κ1) is 14.1. The minimum atomic E-state index is -0.657. The van der Waals surface area contributed by atoms with E-state index in [1.54, 1.807) is 0 Å². The maximum atomic E-state index is 12.0. The van der Waals surface area contributed by atoms with Gasteiger partial charge in [-0.05, 0) is 38.0 Å². The fourth-order valence-corrected chi connectivity index (χ4v) is 2.80. The van der Waals surface area contributed by atoms with Crippen LogP contribution in [-0.2, 0) is 4.74 Å². The van der Waals surface area contributed by atoms with E-state index >= 15 is 0 Å². The van der Waals surface area contributed by atoms with Crippen molar-refractivity contribution in [3.63, 3.8) is 0 Å². The topological polar surface area (TPSA) is 100 Å². The Labute approximate surface area is 114 Å². The highest BCUT2D eigenvalue weighted by Crippen LogP contribution is 2.31. The van der Waals surface area contributed by atoms with Crippen molar-refractivity contribution in [1.29, 1.82) is 5.41 Å². The van der Waals surface area contributed by atoms with Crippen LogP contribution in [0.1, 0.15) is 39.0 Å². The molecule has 2 fully saturated rings. The first-order valence-electron chi connectivity index (χ1n) is 7.03. The molecule has 0 bridgehead atoms. The van der Waals surface area contributed by atoms with Gasteiger partial charge in [0.1, 0.15) is 5.84 Å². The highest BCUT2D eigenvalue weighted by atomic mass is 16.5. The van der Waals surface area contributed by atoms with Gasteiger partial charge < -0.3 is 21.1 Å². The Morgan fingerprint density at radius 1 is 1.37 bits per heavy atom. The Bertz CT molecular complexity index is 345. The second kappa shape index (κ2) is 5.77. The SMILES string of the molecule is CC1CCC(NC(=O)NC2CCOC2)(C(=N)N)CC1. The van der Waals surface area contributed by atoms with E-state index in [2.05, 4.69) is 17.6 Å². The zero-order chi connectivity index (χ0) is 13.9. The number of nitrogens with one attached hydrogen (secondary N) is 3. The first-order chi connectivity index (χ1) is 9.02. The molecule has 0 aromatic carbocycles. The van der Waals surface area contributed by atoms with Gasteiger partial charge in [-0.2, -0.15) is 0 Å². The van der Waals surface area contributed by atoms with Gasteiger partial charge in [-0.15, -0.1) is 0 Å². The molecule has 5 N–H and O–H groups in total. The standard InChI is InChI=1S/C13H24N4O2/c1-9-2-5-13(6-3-9,11(14)15)17-12(18)16-10-4-7-19-8-10/h9-10H,2-8H2,1H3,(H3,14,15)(H2,16,17,18). The van der Waals surface area contributed by atoms with Crippen LogP contribution >= 0.6 is 0 Å². The lowest BCUT2D eigenvalue weighted by Gasteiger charge is -2.39. The molecule has 19 heavy (non-hydrogen) atoms. The molecule has 1 aliphatic heterocycles. The van der Waals surface area contributed by atoms with Crippen LogP contribution in [0.2, 0.25) is 0 Å². The van der Waals surface area contributed by atoms with Crippen LogP contribution in [0, 0.1) is 11.3 Å². The van der Waals surface area contributed by atoms with Gasteiger partial charge in [0.2, 0.25) is 0 Å². The van der Waals surface area contributed by atoms with Crippen LogP contribution in [-0.4, -0.2) is 36.7 Å². The molecule has 0 radical (unpaired) electrons. The third-order valence-electron chi connectivity index (χ3n) is 4.26. The van der Waals surface area contributed by atoms with Gasteiger partial charge in [0.05, 0.1) is 18.2 Å². The van der Waals surface area contributed by atoms with Crippen LogP contribution in [0.15, 0.2) is 0 Å². The minimum Gasteiger partial charge on any atom is -0.386 e. The first-order valence-corrected chi connectivity index (χ1v) is 7.03. The van der Waals surface area contributed by atoms with E-state index in [0.717, 1.165) is 32.1 Å². The molecule has 1 saturated carbocycles. The number of rotatable bonds is 3. The third kappa shape index (κ3) is 3.37. The molecule has 6 nitrogen and oxygen atoms in total. The third-order valence-corrected chi connectivity index (χ3v) is 4.26. The monoisotopic (exact) mass is 268 g/mol. The van der Waals surface area contributed by atoms with Gasteiger partial charge in [0.15, 0.2) is 0 Å². The van der Waals surface area contributed by atoms with Crippen LogP contribution < -0.4 is 16.4 Å². The van der Waals surface area contributed by atoms with Gasteiger partial charge in [-0.3, -0.25) is 5.41 Å². The molecule has 0 spiro atoms. The summed E-state index contributed by atoms with van der Waals surface area (Å²) in [6.07, 6.45) is 4.33. The average Bonchev–Trinajstić information content (AvgIpc) is 2.84. The molecule has 2 amide bonds. The molecule has 1 aliphatic carbocycles. The number of ether oxygens (including phenoxy) is 1. The smallest absolute Gasteiger partial charge is 0.315 e. The molecule has 108 valence electrons. The van der Waals surface area contributed by atoms with E-state index in [4.69, 9.17) is 15.9 Å². The number of nitrogens with two attached hydrogens (primary N) is 1. The van der Waals surface area contributed by atoms with Crippen molar-refractivity contribution in [1.82, 2.24) is 10.6 Å². The molecule has 2 aliphatic rings. The summed E-state index contributed by atoms with van der Waals surface area (Å²) in [6.45, 7) is 3.46. The predicted molar refractivity (Wildman–Crippen MR) is 73.2 cm³/mol. The van der Waals surface area contributed by atoms with Gasteiger partial charge in [-0.1, -0.05) is 6.92 Å². The normalized spacial score (nSPS) is 34.8. The number of carbonyl (C=O) groups excluding carboxylic acids is 1. The number of hydrogen-bond donors (Lipinski definition) is 4. The van der Waals surface area contributed by atoms with Crippen LogP contribution in [0.5, 0.6) is 0 Å². The van der Waals surface area contributed by atoms with Crippen LogP contribution in [0.25, 0.3) is 0 Å². The van der Waals surface area contributed by atoms with E-state index in [9.17, 15) is 4.79 Å². The maximum Gasteiger partial charge on any atom is 0.315 e. The van der Waals surface area contributed by atoms with Gasteiger partial charge in [-0.25, -0.2) is 4.79 Å². The Kier molecular flexibility index (Phi) is 4.29. The van der Waals surface area contributed by atoms with Crippen molar-refractivity contribution in [2.24, 2.45) is 11.7 Å². The second-order valence-electron chi connectivity index (χ2n) is 5.84. The summed E-state index contributed by atoms with van der Waals surface area (Å²) in [5, 5.41) is 13.6. The number of carbonyl (C=O) groups is 1. The van der Waals surface area contributed by atoms with Crippen LogP contribution in [0.3, 0.4) is 0 Å². The lowest BCUT2D eigenvalue weighted by atomic mass is 9.76. The van der Waals surface area contributed by atoms with E-state index in [0.29, 0.717) is 19.1 Å². The van der Waals surface area contributed by atoms with Gasteiger partial charge in [0.25, 0.3) is 0 Å². The summed E-state index contributed by atoms with van der Waals surface area (Å²) >= 11 is 0. The molecule has 2 rings (SSSR count). The highest BCUT2D eigenvalue weighted by Gasteiger charge is 2.38. The van der Waals surface area contributed by atoms with E-state index in [1.807, 2.05) is 0 Å². The van der Waals surface area contributed by atoms with E-state index in [-0.39, 0.29) is 17.9 Å². The quantitative estimate of drug-likeness (QED) is 0.453. The molecular formula is C13H24N4O2. The largest absolute Gasteiger partial charge is 0.386 e. The number of amidine groups is 1. The Morgan fingerprint density at radius 2 is 2.05 bits per heavy atom. The molecule has 0 aromatic rings. The number of amides is 2. The zero-order valence-electron chi connectivity index (χ0n) is 11.5. The lowest BCUT2D eigenvalue weighted by molar-refractivity contribution is 0.185. The van der Waals surface area contributed by atoms with Crippen molar-refractivity contribution < 1.29 is 9.53 Å². The summed E-state index contributed by atoms with van der Waals surface area (Å²) in [5.41, 5.74) is 5.06. The Hall–Kier alpha value is -1.30. The van der Waals surface area contributed by atoms with E-state index < -0.39 is 5.54 Å². The zero-order valence-corrected chi connectivity index (χ0v) is 11.5. The lowest BCUT2D eigenvalue weighted by Crippen LogP contribution is -2.61. The maximum absolute atomic E-state index is 12.0. The van der Waals surface area contributed by atoms with Crippen molar-refractivity contribution in [2.45, 2.75) is 50.6 Å². The van der Waals surface area contributed by atoms with Gasteiger partial charge in [0, 0.05) is 6.61 Å². The van der Waals surface area contributed by atoms with Crippen molar-refractivity contribution in [2.75, 3.05) is 13.2 Å². The summed E-state index contributed by atoms with van der Waals surface area (Å²) in [5.74, 6) is 0.706. The predicted octanol–water partition coefficient (Wildman–Crippen LogP) is 0.959. The molecule has 1 heterocycles. The number of urea groups is 1. The Morgan fingerprint density at radius 3 is 2.58 bits per heavy atom. The molecule has 1 unspecified atom stereocenters. The molecule has 1 atom stereocenters. The van der Waals surface area contributed by atoms with Crippen molar-refractivity contribution >= 4 is 11.9 Å². The summed E-state index contributed by atoms with van der Waals surface area (Å²) < 4.78 is 5.23. The second-order valence-corrected chi connectivity index (χ2v) is 5.84. The highest BCUT2D eigenvalue weighted by molar-refractivity contribution is 5.92. The fraction of sp³-hybridized carbons (Fsp3) is 0.846. The molecule has 0 aromatic heterocycles. The summed E-state index contributed by atoms with van der Waals surface area (Å²) in [4.78, 5) is 12.0. The van der Waals surface area contributed by atoms with Crippen LogP contribution in [0.4, 0.5) is 4.79 Å². The van der Waals surface area contributed by atoms with Crippen molar-refractivity contribution in [3.8, 4) is 0 Å². The summed E-state index contributed by atoms with van der Waals surface area (Å²) in [6, 6.07) is -0.160. The molecular weight excluding hydrogens is 244 g/mol. The number of hydrogen-bond acceptors (Lipinski definition) is 3. The minimum absolute atomic E-state index is 0.0669. The molecule has 6 heteroatoms.